The van der Waals surface area contributed by atoms with Crippen molar-refractivity contribution in [1.29, 1.82) is 0 Å². The molecular formula is C19H20Cl2N2O3. The summed E-state index contributed by atoms with van der Waals surface area (Å²) in [6.07, 6.45) is -0.766. The summed E-state index contributed by atoms with van der Waals surface area (Å²) in [6, 6.07) is 11.5. The quantitative estimate of drug-likeness (QED) is 0.755. The van der Waals surface area contributed by atoms with Gasteiger partial charge in [-0.05, 0) is 63.2 Å². The minimum absolute atomic E-state index is 0.0552. The van der Waals surface area contributed by atoms with Crippen molar-refractivity contribution in [2.75, 3.05) is 5.32 Å². The number of ether oxygens (including phenoxy) is 1. The largest absolute Gasteiger partial charge is 0.479 e. The van der Waals surface area contributed by atoms with Crippen molar-refractivity contribution in [3.63, 3.8) is 0 Å². The van der Waals surface area contributed by atoms with Crippen molar-refractivity contribution >= 4 is 40.7 Å². The number of amides is 2. The molecule has 0 aromatic heterocycles. The molecule has 0 aliphatic heterocycles. The van der Waals surface area contributed by atoms with E-state index in [1.807, 2.05) is 13.8 Å². The van der Waals surface area contributed by atoms with E-state index in [4.69, 9.17) is 27.9 Å². The van der Waals surface area contributed by atoms with Crippen molar-refractivity contribution in [2.24, 2.45) is 0 Å². The van der Waals surface area contributed by atoms with Crippen LogP contribution in [0.3, 0.4) is 0 Å². The van der Waals surface area contributed by atoms with Crippen LogP contribution >= 0.6 is 23.2 Å². The first kappa shape index (κ1) is 20.1. The number of nitrogens with one attached hydrogen (secondary N) is 2. The first-order valence-electron chi connectivity index (χ1n) is 8.09. The molecule has 1 unspecified atom stereocenters. The predicted octanol–water partition coefficient (Wildman–Crippen LogP) is 4.54. The molecule has 0 spiro atoms. The number of halogens is 2. The van der Waals surface area contributed by atoms with E-state index >= 15 is 0 Å². The topological polar surface area (TPSA) is 67.4 Å². The number of rotatable bonds is 6. The Morgan fingerprint density at radius 1 is 1.00 bits per heavy atom. The van der Waals surface area contributed by atoms with Crippen LogP contribution in [0.15, 0.2) is 42.5 Å². The van der Waals surface area contributed by atoms with Gasteiger partial charge in [-0.2, -0.15) is 0 Å². The van der Waals surface area contributed by atoms with Gasteiger partial charge >= 0.3 is 0 Å². The summed E-state index contributed by atoms with van der Waals surface area (Å²) in [5.74, 6) is -0.123. The third kappa shape index (κ3) is 5.64. The molecule has 0 bridgehead atoms. The standard InChI is InChI=1S/C19H20Cl2N2O3/c1-11(2)22-19(25)13-4-7-15(8-5-13)23-18(24)12(3)26-17-9-6-14(20)10-16(17)21/h4-12H,1-3H3,(H,22,25)(H,23,24). The minimum Gasteiger partial charge on any atom is -0.479 e. The van der Waals surface area contributed by atoms with Gasteiger partial charge in [0, 0.05) is 22.3 Å². The van der Waals surface area contributed by atoms with E-state index in [1.54, 1.807) is 49.4 Å². The third-order valence-electron chi connectivity index (χ3n) is 3.40. The molecule has 2 amide bonds. The molecule has 0 fully saturated rings. The lowest BCUT2D eigenvalue weighted by molar-refractivity contribution is -0.122. The fourth-order valence-electron chi connectivity index (χ4n) is 2.11. The fraction of sp³-hybridized carbons (Fsp3) is 0.263. The molecule has 0 aliphatic carbocycles. The SMILES string of the molecule is CC(C)NC(=O)c1ccc(NC(=O)C(C)Oc2ccc(Cl)cc2Cl)cc1. The average Bonchev–Trinajstić information content (AvgIpc) is 2.57. The zero-order valence-corrected chi connectivity index (χ0v) is 16.2. The highest BCUT2D eigenvalue weighted by atomic mass is 35.5. The molecule has 7 heteroatoms. The van der Waals surface area contributed by atoms with Gasteiger partial charge in [0.15, 0.2) is 6.10 Å². The molecular weight excluding hydrogens is 375 g/mol. The van der Waals surface area contributed by atoms with Gasteiger partial charge in [0.25, 0.3) is 11.8 Å². The van der Waals surface area contributed by atoms with Crippen molar-refractivity contribution in [2.45, 2.75) is 32.9 Å². The van der Waals surface area contributed by atoms with Gasteiger partial charge in [0.05, 0.1) is 5.02 Å². The Bertz CT molecular complexity index is 792. The summed E-state index contributed by atoms with van der Waals surface area (Å²) < 4.78 is 5.57. The summed E-state index contributed by atoms with van der Waals surface area (Å²) in [5.41, 5.74) is 1.09. The molecule has 0 aliphatic rings. The highest BCUT2D eigenvalue weighted by Crippen LogP contribution is 2.28. The van der Waals surface area contributed by atoms with E-state index in [-0.39, 0.29) is 17.9 Å². The van der Waals surface area contributed by atoms with E-state index < -0.39 is 6.10 Å². The Labute approximate surface area is 162 Å². The van der Waals surface area contributed by atoms with E-state index in [2.05, 4.69) is 10.6 Å². The number of carbonyl (C=O) groups excluding carboxylic acids is 2. The van der Waals surface area contributed by atoms with E-state index in [9.17, 15) is 9.59 Å². The van der Waals surface area contributed by atoms with Crippen molar-refractivity contribution in [1.82, 2.24) is 5.32 Å². The second-order valence-electron chi connectivity index (χ2n) is 6.03. The molecule has 2 rings (SSSR count). The maximum atomic E-state index is 12.3. The van der Waals surface area contributed by atoms with Crippen molar-refractivity contribution in [3.8, 4) is 5.75 Å². The van der Waals surface area contributed by atoms with Crippen molar-refractivity contribution in [3.05, 3.63) is 58.1 Å². The second-order valence-corrected chi connectivity index (χ2v) is 6.87. The fourth-order valence-corrected chi connectivity index (χ4v) is 2.56. The molecule has 2 N–H and O–H groups in total. The second kappa shape index (κ2) is 8.92. The molecule has 2 aromatic rings. The molecule has 0 heterocycles. The van der Waals surface area contributed by atoms with Gasteiger partial charge < -0.3 is 15.4 Å². The third-order valence-corrected chi connectivity index (χ3v) is 3.93. The normalized spacial score (nSPS) is 11.8. The van der Waals surface area contributed by atoms with Crippen molar-refractivity contribution < 1.29 is 14.3 Å². The molecule has 26 heavy (non-hydrogen) atoms. The first-order valence-corrected chi connectivity index (χ1v) is 8.85. The van der Waals surface area contributed by atoms with Crippen LogP contribution in [-0.2, 0) is 4.79 Å². The zero-order valence-electron chi connectivity index (χ0n) is 14.7. The summed E-state index contributed by atoms with van der Waals surface area (Å²) in [6.45, 7) is 5.40. The van der Waals surface area contributed by atoms with Gasteiger partial charge in [-0.1, -0.05) is 23.2 Å². The molecule has 0 saturated heterocycles. The number of hydrogen-bond acceptors (Lipinski definition) is 3. The lowest BCUT2D eigenvalue weighted by Gasteiger charge is -2.16. The average molecular weight is 395 g/mol. The molecule has 138 valence electrons. The van der Waals surface area contributed by atoms with E-state index in [1.165, 1.54) is 0 Å². The maximum Gasteiger partial charge on any atom is 0.265 e. The van der Waals surface area contributed by atoms with Crippen LogP contribution in [0.25, 0.3) is 0 Å². The minimum atomic E-state index is -0.766. The molecule has 5 nitrogen and oxygen atoms in total. The van der Waals surface area contributed by atoms with Crippen LogP contribution in [0.5, 0.6) is 5.75 Å². The number of carbonyl (C=O) groups is 2. The van der Waals surface area contributed by atoms with Crippen LogP contribution < -0.4 is 15.4 Å². The first-order chi connectivity index (χ1) is 12.3. The Balaban J connectivity index is 1.97. The zero-order chi connectivity index (χ0) is 19.3. The van der Waals surface area contributed by atoms with Crippen LogP contribution in [0.2, 0.25) is 10.0 Å². The van der Waals surface area contributed by atoms with Crippen LogP contribution in [0.4, 0.5) is 5.69 Å². The number of anilines is 1. The monoisotopic (exact) mass is 394 g/mol. The van der Waals surface area contributed by atoms with Gasteiger partial charge in [0.2, 0.25) is 0 Å². The summed E-state index contributed by atoms with van der Waals surface area (Å²) in [7, 11) is 0. The molecule has 1 atom stereocenters. The van der Waals surface area contributed by atoms with Gasteiger partial charge in [0.1, 0.15) is 5.75 Å². The Morgan fingerprint density at radius 3 is 2.23 bits per heavy atom. The smallest absolute Gasteiger partial charge is 0.265 e. The van der Waals surface area contributed by atoms with Crippen LogP contribution in [0.1, 0.15) is 31.1 Å². The van der Waals surface area contributed by atoms with Gasteiger partial charge in [-0.3, -0.25) is 9.59 Å². The summed E-state index contributed by atoms with van der Waals surface area (Å²) in [4.78, 5) is 24.2. The summed E-state index contributed by atoms with van der Waals surface area (Å²) >= 11 is 11.9. The molecule has 0 radical (unpaired) electrons. The highest BCUT2D eigenvalue weighted by Gasteiger charge is 2.17. The number of hydrogen-bond donors (Lipinski definition) is 2. The number of benzene rings is 2. The van der Waals surface area contributed by atoms with E-state index in [0.717, 1.165) is 0 Å². The lowest BCUT2D eigenvalue weighted by Crippen LogP contribution is -2.31. The maximum absolute atomic E-state index is 12.3. The molecule has 2 aromatic carbocycles. The van der Waals surface area contributed by atoms with Gasteiger partial charge in [-0.25, -0.2) is 0 Å². The Morgan fingerprint density at radius 2 is 1.65 bits per heavy atom. The Kier molecular flexibility index (Phi) is 6.89. The van der Waals surface area contributed by atoms with Crippen LogP contribution in [-0.4, -0.2) is 24.0 Å². The Hall–Kier alpha value is -2.24. The summed E-state index contributed by atoms with van der Waals surface area (Å²) in [5, 5.41) is 6.36. The van der Waals surface area contributed by atoms with E-state index in [0.29, 0.717) is 27.0 Å². The van der Waals surface area contributed by atoms with Gasteiger partial charge in [-0.15, -0.1) is 0 Å². The highest BCUT2D eigenvalue weighted by molar-refractivity contribution is 6.35. The molecule has 0 saturated carbocycles. The van der Waals surface area contributed by atoms with Crippen LogP contribution in [0, 0.1) is 0 Å². The lowest BCUT2D eigenvalue weighted by atomic mass is 10.2. The predicted molar refractivity (Wildman–Crippen MR) is 104 cm³/mol.